The number of halogens is 1. The lowest BCUT2D eigenvalue weighted by Crippen LogP contribution is -2.46. The number of hydrogen-bond donors (Lipinski definition) is 1. The third-order valence-electron chi connectivity index (χ3n) is 5.59. The largest absolute Gasteiger partial charge is 0.371 e. The molecule has 152 valence electrons. The van der Waals surface area contributed by atoms with Crippen molar-refractivity contribution in [2.24, 2.45) is 5.73 Å². The number of benzene rings is 2. The summed E-state index contributed by atoms with van der Waals surface area (Å²) >= 11 is 0. The summed E-state index contributed by atoms with van der Waals surface area (Å²) in [5.74, 6) is -0.716. The third-order valence-corrected chi connectivity index (χ3v) is 5.59. The molecule has 0 unspecified atom stereocenters. The molecule has 0 atom stereocenters. The van der Waals surface area contributed by atoms with Crippen LogP contribution < -0.4 is 15.5 Å². The SMILES string of the molecule is CN1CCN(CC(=O)N(Cc2cccc(C(N)=O)c2)C2CC2)c2ccc(F)cc21. The normalized spacial score (nSPS) is 15.8. The Morgan fingerprint density at radius 1 is 1.14 bits per heavy atom. The first-order chi connectivity index (χ1) is 13.9. The van der Waals surface area contributed by atoms with Crippen LogP contribution in [-0.2, 0) is 11.3 Å². The van der Waals surface area contributed by atoms with E-state index in [2.05, 4.69) is 0 Å². The fourth-order valence-corrected chi connectivity index (χ4v) is 3.83. The second kappa shape index (κ2) is 7.73. The number of likely N-dealkylation sites (N-methyl/N-ethyl adjacent to an activating group) is 1. The molecule has 2 amide bonds. The lowest BCUT2D eigenvalue weighted by Gasteiger charge is -2.37. The summed E-state index contributed by atoms with van der Waals surface area (Å²) in [5.41, 5.74) is 8.39. The second-order valence-electron chi connectivity index (χ2n) is 7.79. The molecular formula is C22H25FN4O2. The Balaban J connectivity index is 1.51. The highest BCUT2D eigenvalue weighted by Gasteiger charge is 2.34. The molecule has 1 heterocycles. The maximum Gasteiger partial charge on any atom is 0.248 e. The molecule has 29 heavy (non-hydrogen) atoms. The summed E-state index contributed by atoms with van der Waals surface area (Å²) in [4.78, 5) is 30.6. The molecule has 1 aliphatic heterocycles. The Kier molecular flexibility index (Phi) is 5.13. The zero-order valence-electron chi connectivity index (χ0n) is 16.5. The number of rotatable bonds is 6. The van der Waals surface area contributed by atoms with Gasteiger partial charge in [0.2, 0.25) is 11.8 Å². The third kappa shape index (κ3) is 4.18. The number of nitrogens with zero attached hydrogens (tertiary/aromatic N) is 3. The fraction of sp³-hybridized carbons (Fsp3) is 0.364. The summed E-state index contributed by atoms with van der Waals surface area (Å²) in [5, 5.41) is 0. The van der Waals surface area contributed by atoms with Gasteiger partial charge in [0.05, 0.1) is 17.9 Å². The molecule has 0 spiro atoms. The van der Waals surface area contributed by atoms with Crippen LogP contribution in [0.4, 0.5) is 15.8 Å². The highest BCUT2D eigenvalue weighted by Crippen LogP contribution is 2.34. The van der Waals surface area contributed by atoms with Gasteiger partial charge in [-0.2, -0.15) is 0 Å². The minimum absolute atomic E-state index is 0.0387. The number of nitrogens with two attached hydrogens (primary N) is 1. The Labute approximate surface area is 169 Å². The molecule has 7 heteroatoms. The quantitative estimate of drug-likeness (QED) is 0.814. The van der Waals surface area contributed by atoms with Gasteiger partial charge in [0.15, 0.2) is 0 Å². The van der Waals surface area contributed by atoms with E-state index in [-0.39, 0.29) is 24.3 Å². The number of carbonyl (C=O) groups excluding carboxylic acids is 2. The highest BCUT2D eigenvalue weighted by molar-refractivity contribution is 5.93. The van der Waals surface area contributed by atoms with E-state index in [9.17, 15) is 14.0 Å². The maximum absolute atomic E-state index is 13.7. The molecule has 4 rings (SSSR count). The standard InChI is InChI=1S/C22H25FN4O2/c1-25-9-10-26(19-8-5-17(23)12-20(19)25)14-21(28)27(18-6-7-18)13-15-3-2-4-16(11-15)22(24)29/h2-5,8,11-12,18H,6-7,9-10,13-14H2,1H3,(H2,24,29). The van der Waals surface area contributed by atoms with E-state index in [4.69, 9.17) is 5.73 Å². The summed E-state index contributed by atoms with van der Waals surface area (Å²) in [6.07, 6.45) is 1.98. The molecule has 1 aliphatic carbocycles. The average molecular weight is 396 g/mol. The molecule has 6 nitrogen and oxygen atoms in total. The number of carbonyl (C=O) groups is 2. The van der Waals surface area contributed by atoms with Gasteiger partial charge in [0.25, 0.3) is 0 Å². The zero-order chi connectivity index (χ0) is 20.5. The summed E-state index contributed by atoms with van der Waals surface area (Å²) in [7, 11) is 1.93. The summed E-state index contributed by atoms with van der Waals surface area (Å²) < 4.78 is 13.7. The number of amides is 2. The predicted octanol–water partition coefficient (Wildman–Crippen LogP) is 2.37. The first-order valence-electron chi connectivity index (χ1n) is 9.86. The summed E-state index contributed by atoms with van der Waals surface area (Å²) in [6, 6.07) is 12.0. The molecular weight excluding hydrogens is 371 g/mol. The molecule has 2 aliphatic rings. The van der Waals surface area contributed by atoms with Crippen molar-refractivity contribution in [3.05, 3.63) is 59.4 Å². The number of hydrogen-bond acceptors (Lipinski definition) is 4. The van der Waals surface area contributed by atoms with Gasteiger partial charge >= 0.3 is 0 Å². The lowest BCUT2D eigenvalue weighted by molar-refractivity contribution is -0.130. The summed E-state index contributed by atoms with van der Waals surface area (Å²) in [6.45, 7) is 2.14. The molecule has 0 radical (unpaired) electrons. The van der Waals surface area contributed by atoms with Crippen LogP contribution in [-0.4, -0.2) is 49.4 Å². The second-order valence-corrected chi connectivity index (χ2v) is 7.79. The molecule has 2 aromatic carbocycles. The predicted molar refractivity (Wildman–Crippen MR) is 110 cm³/mol. The first-order valence-corrected chi connectivity index (χ1v) is 9.86. The van der Waals surface area contributed by atoms with Gasteiger partial charge in [-0.25, -0.2) is 4.39 Å². The van der Waals surface area contributed by atoms with Crippen LogP contribution >= 0.6 is 0 Å². The van der Waals surface area contributed by atoms with Gasteiger partial charge in [0, 0.05) is 38.3 Å². The van der Waals surface area contributed by atoms with Gasteiger partial charge in [-0.05, 0) is 48.7 Å². The highest BCUT2D eigenvalue weighted by atomic mass is 19.1. The topological polar surface area (TPSA) is 69.9 Å². The minimum Gasteiger partial charge on any atom is -0.371 e. The number of anilines is 2. The minimum atomic E-state index is -0.475. The molecule has 2 aromatic rings. The van der Waals surface area contributed by atoms with Gasteiger partial charge < -0.3 is 20.4 Å². The van der Waals surface area contributed by atoms with Crippen molar-refractivity contribution >= 4 is 23.2 Å². The molecule has 0 saturated heterocycles. The van der Waals surface area contributed by atoms with Gasteiger partial charge in [-0.1, -0.05) is 12.1 Å². The van der Waals surface area contributed by atoms with Crippen LogP contribution in [0.25, 0.3) is 0 Å². The smallest absolute Gasteiger partial charge is 0.248 e. The van der Waals surface area contributed by atoms with Crippen LogP contribution in [0, 0.1) is 5.82 Å². The number of fused-ring (bicyclic) bond motifs is 1. The van der Waals surface area contributed by atoms with Crippen molar-refractivity contribution < 1.29 is 14.0 Å². The van der Waals surface area contributed by atoms with Crippen molar-refractivity contribution in [3.8, 4) is 0 Å². The van der Waals surface area contributed by atoms with Crippen molar-refractivity contribution in [3.63, 3.8) is 0 Å². The molecule has 2 N–H and O–H groups in total. The van der Waals surface area contributed by atoms with Crippen LogP contribution in [0.2, 0.25) is 0 Å². The van der Waals surface area contributed by atoms with Crippen molar-refractivity contribution in [2.45, 2.75) is 25.4 Å². The van der Waals surface area contributed by atoms with E-state index >= 15 is 0 Å². The van der Waals surface area contributed by atoms with Gasteiger partial charge in [-0.15, -0.1) is 0 Å². The fourth-order valence-electron chi connectivity index (χ4n) is 3.83. The van der Waals surface area contributed by atoms with Crippen LogP contribution in [0.3, 0.4) is 0 Å². The Morgan fingerprint density at radius 3 is 2.66 bits per heavy atom. The van der Waals surface area contributed by atoms with Gasteiger partial charge in [0.1, 0.15) is 5.82 Å². The average Bonchev–Trinajstić information content (AvgIpc) is 3.53. The first kappa shape index (κ1) is 19.2. The Hall–Kier alpha value is -3.09. The van der Waals surface area contributed by atoms with Crippen molar-refractivity contribution in [1.82, 2.24) is 4.90 Å². The maximum atomic E-state index is 13.7. The molecule has 1 fully saturated rings. The van der Waals surface area contributed by atoms with E-state index < -0.39 is 5.91 Å². The van der Waals surface area contributed by atoms with E-state index in [0.717, 1.165) is 36.3 Å². The lowest BCUT2D eigenvalue weighted by atomic mass is 10.1. The van der Waals surface area contributed by atoms with Crippen LogP contribution in [0.1, 0.15) is 28.8 Å². The van der Waals surface area contributed by atoms with E-state index in [1.54, 1.807) is 24.3 Å². The monoisotopic (exact) mass is 396 g/mol. The van der Waals surface area contributed by atoms with E-state index in [1.165, 1.54) is 12.1 Å². The Morgan fingerprint density at radius 2 is 1.93 bits per heavy atom. The molecule has 1 saturated carbocycles. The zero-order valence-corrected chi connectivity index (χ0v) is 16.5. The molecule has 0 bridgehead atoms. The molecule has 0 aromatic heterocycles. The number of primary amides is 1. The van der Waals surface area contributed by atoms with Crippen LogP contribution in [0.5, 0.6) is 0 Å². The van der Waals surface area contributed by atoms with E-state index in [1.807, 2.05) is 27.8 Å². The van der Waals surface area contributed by atoms with Crippen molar-refractivity contribution in [2.75, 3.05) is 36.5 Å². The van der Waals surface area contributed by atoms with Crippen molar-refractivity contribution in [1.29, 1.82) is 0 Å². The van der Waals surface area contributed by atoms with E-state index in [0.29, 0.717) is 18.7 Å². The Bertz CT molecular complexity index is 944. The van der Waals surface area contributed by atoms with Gasteiger partial charge in [-0.3, -0.25) is 9.59 Å². The van der Waals surface area contributed by atoms with Crippen LogP contribution in [0.15, 0.2) is 42.5 Å².